The first kappa shape index (κ1) is 21.8. The van der Waals surface area contributed by atoms with Crippen LogP contribution >= 0.6 is 0 Å². The van der Waals surface area contributed by atoms with Gasteiger partial charge in [-0.3, -0.25) is 9.59 Å². The number of carbonyl (C=O) groups is 2. The molecular weight excluding hydrogens is 404 g/mol. The van der Waals surface area contributed by atoms with Crippen LogP contribution in [-0.4, -0.2) is 52.8 Å². The highest BCUT2D eigenvalue weighted by Crippen LogP contribution is 2.40. The molecule has 1 N–H and O–H groups in total. The van der Waals surface area contributed by atoms with Crippen molar-refractivity contribution in [2.75, 3.05) is 26.2 Å². The molecule has 0 radical (unpaired) electrons. The summed E-state index contributed by atoms with van der Waals surface area (Å²) in [6, 6.07) is 16.0. The van der Waals surface area contributed by atoms with Crippen LogP contribution in [0.5, 0.6) is 0 Å². The van der Waals surface area contributed by atoms with E-state index < -0.39 is 17.7 Å². The molecule has 2 heterocycles. The molecule has 2 aromatic carbocycles. The number of likely N-dealkylation sites (tertiary alicyclic amines) is 1. The highest BCUT2D eigenvalue weighted by Gasteiger charge is 2.47. The van der Waals surface area contributed by atoms with E-state index in [0.29, 0.717) is 30.2 Å². The van der Waals surface area contributed by atoms with Crippen LogP contribution in [0.4, 0.5) is 0 Å². The molecule has 0 saturated carbocycles. The number of aryl methyl sites for hydroxylation is 1. The summed E-state index contributed by atoms with van der Waals surface area (Å²) in [5, 5.41) is 13.1. The Morgan fingerprint density at radius 3 is 2.44 bits per heavy atom. The Labute approximate surface area is 187 Å². The van der Waals surface area contributed by atoms with E-state index in [1.807, 2.05) is 43.3 Å². The van der Waals surface area contributed by atoms with Crippen LogP contribution in [0.25, 0.3) is 16.5 Å². The molecule has 3 aromatic rings. The average Bonchev–Trinajstić information content (AvgIpc) is 3.34. The summed E-state index contributed by atoms with van der Waals surface area (Å²) in [5.41, 5.74) is 0.596. The first-order chi connectivity index (χ1) is 15.5. The summed E-state index contributed by atoms with van der Waals surface area (Å²) in [7, 11) is 0. The molecule has 1 saturated heterocycles. The number of Topliss-reactive ketones (excluding diaryl/α,β-unsaturated/α-hetero) is 1. The zero-order chi connectivity index (χ0) is 22.8. The third kappa shape index (κ3) is 3.82. The minimum Gasteiger partial charge on any atom is -0.507 e. The van der Waals surface area contributed by atoms with Crippen LogP contribution in [0.1, 0.15) is 37.0 Å². The summed E-state index contributed by atoms with van der Waals surface area (Å²) in [6.45, 7) is 8.63. The zero-order valence-corrected chi connectivity index (χ0v) is 18.7. The SMILES string of the molecule is CCN(CC)CCN1C(=O)C(=O)/C(=C(\O)c2cccc3ccccc23)C1c1ccc(C)o1. The van der Waals surface area contributed by atoms with Gasteiger partial charge in [0.2, 0.25) is 0 Å². The second-order valence-corrected chi connectivity index (χ2v) is 7.99. The topological polar surface area (TPSA) is 74.0 Å². The highest BCUT2D eigenvalue weighted by atomic mass is 16.3. The highest BCUT2D eigenvalue weighted by molar-refractivity contribution is 6.46. The van der Waals surface area contributed by atoms with E-state index in [1.165, 1.54) is 4.90 Å². The lowest BCUT2D eigenvalue weighted by atomic mass is 9.96. The number of aliphatic hydroxyl groups excluding tert-OH is 1. The van der Waals surface area contributed by atoms with Gasteiger partial charge in [-0.05, 0) is 42.9 Å². The minimum atomic E-state index is -0.766. The smallest absolute Gasteiger partial charge is 0.295 e. The summed E-state index contributed by atoms with van der Waals surface area (Å²) in [6.07, 6.45) is 0. The molecule has 1 aliphatic rings. The van der Waals surface area contributed by atoms with Crippen LogP contribution < -0.4 is 0 Å². The summed E-state index contributed by atoms with van der Waals surface area (Å²) in [4.78, 5) is 30.0. The van der Waals surface area contributed by atoms with Crippen LogP contribution in [0.2, 0.25) is 0 Å². The van der Waals surface area contributed by atoms with E-state index in [1.54, 1.807) is 18.2 Å². The monoisotopic (exact) mass is 432 g/mol. The molecule has 6 nitrogen and oxygen atoms in total. The Hall–Kier alpha value is -3.38. The summed E-state index contributed by atoms with van der Waals surface area (Å²) < 4.78 is 5.85. The third-order valence-electron chi connectivity index (χ3n) is 6.17. The maximum Gasteiger partial charge on any atom is 0.295 e. The summed E-state index contributed by atoms with van der Waals surface area (Å²) in [5.74, 6) is -0.320. The second kappa shape index (κ2) is 9.01. The van der Waals surface area contributed by atoms with E-state index in [9.17, 15) is 14.7 Å². The molecule has 1 fully saturated rings. The normalized spacial score (nSPS) is 18.2. The van der Waals surface area contributed by atoms with Gasteiger partial charge in [0.15, 0.2) is 0 Å². The van der Waals surface area contributed by atoms with E-state index in [-0.39, 0.29) is 11.3 Å². The van der Waals surface area contributed by atoms with Gasteiger partial charge in [-0.2, -0.15) is 0 Å². The fourth-order valence-corrected chi connectivity index (χ4v) is 4.37. The maximum absolute atomic E-state index is 13.2. The Balaban J connectivity index is 1.85. The molecule has 166 valence electrons. The molecule has 32 heavy (non-hydrogen) atoms. The Morgan fingerprint density at radius 1 is 1.03 bits per heavy atom. The molecule has 4 rings (SSSR count). The van der Waals surface area contributed by atoms with Crippen molar-refractivity contribution in [3.63, 3.8) is 0 Å². The van der Waals surface area contributed by atoms with Gasteiger partial charge < -0.3 is 19.3 Å². The number of hydrogen-bond acceptors (Lipinski definition) is 5. The van der Waals surface area contributed by atoms with Gasteiger partial charge in [-0.25, -0.2) is 0 Å². The van der Waals surface area contributed by atoms with Gasteiger partial charge in [0, 0.05) is 18.7 Å². The van der Waals surface area contributed by atoms with Gasteiger partial charge in [-0.15, -0.1) is 0 Å². The molecular formula is C26H28N2O4. The van der Waals surface area contributed by atoms with Crippen LogP contribution in [0.3, 0.4) is 0 Å². The molecule has 1 aliphatic heterocycles. The molecule has 6 heteroatoms. The molecule has 1 amide bonds. The van der Waals surface area contributed by atoms with Crippen molar-refractivity contribution < 1.29 is 19.1 Å². The number of nitrogens with zero attached hydrogens (tertiary/aromatic N) is 2. The Kier molecular flexibility index (Phi) is 6.15. The number of likely N-dealkylation sites (N-methyl/N-ethyl adjacent to an activating group) is 1. The quantitative estimate of drug-likeness (QED) is 0.338. The number of carbonyl (C=O) groups excluding carboxylic acids is 2. The molecule has 1 aromatic heterocycles. The first-order valence-corrected chi connectivity index (χ1v) is 11.0. The van der Waals surface area contributed by atoms with Gasteiger partial charge in [0.05, 0.1) is 5.57 Å². The number of furan rings is 1. The minimum absolute atomic E-state index is 0.0697. The predicted molar refractivity (Wildman–Crippen MR) is 124 cm³/mol. The average molecular weight is 433 g/mol. The third-order valence-corrected chi connectivity index (χ3v) is 6.17. The predicted octanol–water partition coefficient (Wildman–Crippen LogP) is 4.50. The summed E-state index contributed by atoms with van der Waals surface area (Å²) >= 11 is 0. The number of rotatable bonds is 7. The zero-order valence-electron chi connectivity index (χ0n) is 18.7. The molecule has 1 atom stereocenters. The van der Waals surface area contributed by atoms with Crippen molar-refractivity contribution in [2.45, 2.75) is 26.8 Å². The number of aliphatic hydroxyl groups is 1. The van der Waals surface area contributed by atoms with Crippen molar-refractivity contribution >= 4 is 28.2 Å². The maximum atomic E-state index is 13.2. The molecule has 0 spiro atoms. The lowest BCUT2D eigenvalue weighted by molar-refractivity contribution is -0.140. The molecule has 0 bridgehead atoms. The largest absolute Gasteiger partial charge is 0.507 e. The van der Waals surface area contributed by atoms with Crippen molar-refractivity contribution in [2.24, 2.45) is 0 Å². The number of ketones is 1. The van der Waals surface area contributed by atoms with Crippen LogP contribution in [-0.2, 0) is 9.59 Å². The molecule has 1 unspecified atom stereocenters. The number of hydrogen-bond donors (Lipinski definition) is 1. The van der Waals surface area contributed by atoms with Crippen molar-refractivity contribution in [1.82, 2.24) is 9.80 Å². The van der Waals surface area contributed by atoms with E-state index in [4.69, 9.17) is 4.42 Å². The van der Waals surface area contributed by atoms with E-state index in [0.717, 1.165) is 23.9 Å². The fraction of sp³-hybridized carbons (Fsp3) is 0.308. The standard InChI is InChI=1S/C26H28N2O4/c1-4-27(5-2)15-16-28-23(21-14-13-17(3)32-21)22(25(30)26(28)31)24(29)20-12-8-10-18-9-6-7-11-19(18)20/h6-14,23,29H,4-5,15-16H2,1-3H3/b24-22-. The second-order valence-electron chi connectivity index (χ2n) is 7.99. The van der Waals surface area contributed by atoms with Crippen molar-refractivity contribution in [3.8, 4) is 0 Å². The van der Waals surface area contributed by atoms with Crippen molar-refractivity contribution in [1.29, 1.82) is 0 Å². The Morgan fingerprint density at radius 2 is 1.75 bits per heavy atom. The lowest BCUT2D eigenvalue weighted by Gasteiger charge is -2.26. The van der Waals surface area contributed by atoms with Gasteiger partial charge in [0.1, 0.15) is 23.3 Å². The fourth-order valence-electron chi connectivity index (χ4n) is 4.37. The van der Waals surface area contributed by atoms with Crippen LogP contribution in [0.15, 0.2) is 64.6 Å². The van der Waals surface area contributed by atoms with Crippen LogP contribution in [0, 0.1) is 6.92 Å². The van der Waals surface area contributed by atoms with Gasteiger partial charge in [0.25, 0.3) is 11.7 Å². The number of fused-ring (bicyclic) bond motifs is 1. The lowest BCUT2D eigenvalue weighted by Crippen LogP contribution is -2.37. The van der Waals surface area contributed by atoms with Gasteiger partial charge >= 0.3 is 0 Å². The number of amides is 1. The van der Waals surface area contributed by atoms with E-state index in [2.05, 4.69) is 18.7 Å². The van der Waals surface area contributed by atoms with Crippen molar-refractivity contribution in [3.05, 3.63) is 77.3 Å². The molecule has 0 aliphatic carbocycles. The Bertz CT molecular complexity index is 1180. The van der Waals surface area contributed by atoms with E-state index >= 15 is 0 Å². The number of benzene rings is 2. The van der Waals surface area contributed by atoms with Gasteiger partial charge in [-0.1, -0.05) is 56.3 Å². The first-order valence-electron chi connectivity index (χ1n) is 11.0.